The number of carbonyl (C=O) groups excluding carboxylic acids is 1. The molecule has 0 radical (unpaired) electrons. The summed E-state index contributed by atoms with van der Waals surface area (Å²) < 4.78 is 12.1. The minimum atomic E-state index is -0.376. The number of halogens is 1. The average Bonchev–Trinajstić information content (AvgIpc) is 3.35. The number of hydrogen-bond donors (Lipinski definition) is 2. The monoisotopic (exact) mass is 378 g/mol. The Bertz CT molecular complexity index is 1010. The van der Waals surface area contributed by atoms with Gasteiger partial charge in [0.2, 0.25) is 11.7 Å². The van der Waals surface area contributed by atoms with Gasteiger partial charge in [-0.3, -0.25) is 4.40 Å². The molecule has 128 valence electrons. The minimum Gasteiger partial charge on any atom is -0.467 e. The van der Waals surface area contributed by atoms with Crippen LogP contribution in [0.3, 0.4) is 0 Å². The molecule has 0 aliphatic rings. The van der Waals surface area contributed by atoms with Crippen LogP contribution in [0.2, 0.25) is 5.15 Å². The first-order valence-electron chi connectivity index (χ1n) is 7.19. The SMILES string of the molecule is O=C(NCc1ccco1)NCc1nc(-c2c(Cl)nc3sccn23)no1. The van der Waals surface area contributed by atoms with E-state index < -0.39 is 0 Å². The first-order valence-corrected chi connectivity index (χ1v) is 8.44. The average molecular weight is 379 g/mol. The molecule has 2 amide bonds. The molecule has 11 heteroatoms. The largest absolute Gasteiger partial charge is 0.467 e. The predicted molar refractivity (Wildman–Crippen MR) is 89.2 cm³/mol. The van der Waals surface area contributed by atoms with Crippen LogP contribution in [0.25, 0.3) is 16.5 Å². The second-order valence-corrected chi connectivity index (χ2v) is 6.17. The quantitative estimate of drug-likeness (QED) is 0.552. The number of rotatable bonds is 5. The van der Waals surface area contributed by atoms with E-state index in [1.54, 1.807) is 22.8 Å². The van der Waals surface area contributed by atoms with Crippen molar-refractivity contribution in [3.05, 3.63) is 46.8 Å². The Morgan fingerprint density at radius 1 is 1.32 bits per heavy atom. The van der Waals surface area contributed by atoms with Gasteiger partial charge in [0.25, 0.3) is 0 Å². The molecular formula is C14H11ClN6O3S. The van der Waals surface area contributed by atoms with Crippen molar-refractivity contribution >= 4 is 33.9 Å². The highest BCUT2D eigenvalue weighted by atomic mass is 35.5. The molecule has 4 aromatic rings. The maximum Gasteiger partial charge on any atom is 0.315 e. The van der Waals surface area contributed by atoms with Crippen molar-refractivity contribution in [3.63, 3.8) is 0 Å². The lowest BCUT2D eigenvalue weighted by Crippen LogP contribution is -2.34. The van der Waals surface area contributed by atoms with Crippen molar-refractivity contribution in [2.75, 3.05) is 0 Å². The summed E-state index contributed by atoms with van der Waals surface area (Å²) in [7, 11) is 0. The van der Waals surface area contributed by atoms with Gasteiger partial charge in [0.1, 0.15) is 11.5 Å². The number of nitrogens with one attached hydrogen (secondary N) is 2. The third-order valence-corrected chi connectivity index (χ3v) is 4.32. The van der Waals surface area contributed by atoms with Gasteiger partial charge in [-0.25, -0.2) is 9.78 Å². The molecule has 0 spiro atoms. The summed E-state index contributed by atoms with van der Waals surface area (Å²) in [6.07, 6.45) is 3.37. The van der Waals surface area contributed by atoms with Crippen LogP contribution in [0, 0.1) is 0 Å². The van der Waals surface area contributed by atoms with Gasteiger partial charge in [-0.15, -0.1) is 11.3 Å². The molecular weight excluding hydrogens is 368 g/mol. The number of furan rings is 1. The Labute approximate surface area is 149 Å². The van der Waals surface area contributed by atoms with Crippen molar-refractivity contribution in [2.24, 2.45) is 0 Å². The summed E-state index contributed by atoms with van der Waals surface area (Å²) in [5.74, 6) is 1.22. The highest BCUT2D eigenvalue weighted by Gasteiger charge is 2.19. The molecule has 4 heterocycles. The molecule has 9 nitrogen and oxygen atoms in total. The Hall–Kier alpha value is -2.85. The van der Waals surface area contributed by atoms with Gasteiger partial charge in [0.05, 0.1) is 19.4 Å². The number of carbonyl (C=O) groups is 1. The summed E-state index contributed by atoms with van der Waals surface area (Å²) in [6, 6.07) is 3.14. The summed E-state index contributed by atoms with van der Waals surface area (Å²) >= 11 is 7.59. The standard InChI is InChI=1S/C14H11ClN6O3S/c15-11-10(21-3-5-25-14(21)19-11)12-18-9(24-20-12)7-17-13(22)16-6-8-2-1-4-23-8/h1-5H,6-7H2,(H2,16,17,22). The van der Waals surface area contributed by atoms with Gasteiger partial charge in [-0.05, 0) is 12.1 Å². The molecule has 0 saturated heterocycles. The van der Waals surface area contributed by atoms with Crippen LogP contribution in [0.5, 0.6) is 0 Å². The van der Waals surface area contributed by atoms with Crippen molar-refractivity contribution < 1.29 is 13.7 Å². The van der Waals surface area contributed by atoms with Gasteiger partial charge >= 0.3 is 6.03 Å². The van der Waals surface area contributed by atoms with Crippen LogP contribution in [-0.2, 0) is 13.1 Å². The van der Waals surface area contributed by atoms with E-state index in [-0.39, 0.29) is 25.0 Å². The van der Waals surface area contributed by atoms with Gasteiger partial charge in [0, 0.05) is 11.6 Å². The number of amides is 2. The lowest BCUT2D eigenvalue weighted by Gasteiger charge is -2.03. The summed E-state index contributed by atoms with van der Waals surface area (Å²) in [5, 5.41) is 11.4. The van der Waals surface area contributed by atoms with Crippen LogP contribution in [0.1, 0.15) is 11.7 Å². The molecule has 0 bridgehead atoms. The fourth-order valence-corrected chi connectivity index (χ4v) is 3.20. The molecule has 4 rings (SSSR count). The molecule has 2 N–H and O–H groups in total. The van der Waals surface area contributed by atoms with Crippen LogP contribution in [-0.4, -0.2) is 25.6 Å². The highest BCUT2D eigenvalue weighted by molar-refractivity contribution is 7.15. The lowest BCUT2D eigenvalue weighted by atomic mass is 10.4. The van der Waals surface area contributed by atoms with Crippen LogP contribution in [0.4, 0.5) is 4.79 Å². The number of hydrogen-bond acceptors (Lipinski definition) is 7. The fraction of sp³-hybridized carbons (Fsp3) is 0.143. The van der Waals surface area contributed by atoms with E-state index in [9.17, 15) is 4.79 Å². The van der Waals surface area contributed by atoms with Crippen LogP contribution >= 0.6 is 22.9 Å². The minimum absolute atomic E-state index is 0.0835. The van der Waals surface area contributed by atoms with Crippen LogP contribution < -0.4 is 10.6 Å². The van der Waals surface area contributed by atoms with Crippen molar-refractivity contribution in [1.29, 1.82) is 0 Å². The molecule has 0 aromatic carbocycles. The Balaban J connectivity index is 1.39. The number of aromatic nitrogens is 4. The smallest absolute Gasteiger partial charge is 0.315 e. The number of nitrogens with zero attached hydrogens (tertiary/aromatic N) is 4. The third kappa shape index (κ3) is 3.21. The first-order chi connectivity index (χ1) is 12.2. The van der Waals surface area contributed by atoms with E-state index in [1.165, 1.54) is 11.3 Å². The Kier molecular flexibility index (Phi) is 4.12. The lowest BCUT2D eigenvalue weighted by molar-refractivity contribution is 0.237. The van der Waals surface area contributed by atoms with E-state index in [1.807, 2.05) is 11.6 Å². The van der Waals surface area contributed by atoms with E-state index >= 15 is 0 Å². The molecule has 0 fully saturated rings. The first kappa shape index (κ1) is 15.7. The molecule has 0 aliphatic carbocycles. The van der Waals surface area contributed by atoms with Crippen LogP contribution in [0.15, 0.2) is 38.9 Å². The fourth-order valence-electron chi connectivity index (χ4n) is 2.18. The van der Waals surface area contributed by atoms with Gasteiger partial charge < -0.3 is 19.6 Å². The molecule has 0 saturated carbocycles. The van der Waals surface area contributed by atoms with Crippen molar-refractivity contribution in [1.82, 2.24) is 30.2 Å². The summed E-state index contributed by atoms with van der Waals surface area (Å²) in [4.78, 5) is 21.0. The molecule has 0 unspecified atom stereocenters. The van der Waals surface area contributed by atoms with E-state index in [4.69, 9.17) is 20.5 Å². The van der Waals surface area contributed by atoms with Crippen molar-refractivity contribution in [3.8, 4) is 11.5 Å². The molecule has 4 aromatic heterocycles. The van der Waals surface area contributed by atoms with Crippen molar-refractivity contribution in [2.45, 2.75) is 13.1 Å². The Morgan fingerprint density at radius 2 is 2.20 bits per heavy atom. The number of fused-ring (bicyclic) bond motifs is 1. The zero-order chi connectivity index (χ0) is 17.2. The highest BCUT2D eigenvalue weighted by Crippen LogP contribution is 2.28. The second-order valence-electron chi connectivity index (χ2n) is 4.93. The zero-order valence-electron chi connectivity index (χ0n) is 12.6. The number of imidazole rings is 1. The predicted octanol–water partition coefficient (Wildman–Crippen LogP) is 2.69. The zero-order valence-corrected chi connectivity index (χ0v) is 14.2. The second kappa shape index (κ2) is 6.57. The number of urea groups is 1. The van der Waals surface area contributed by atoms with Gasteiger partial charge in [-0.1, -0.05) is 16.8 Å². The van der Waals surface area contributed by atoms with E-state index in [2.05, 4.69) is 25.8 Å². The van der Waals surface area contributed by atoms with E-state index in [0.717, 1.165) is 4.96 Å². The normalized spacial score (nSPS) is 11.1. The summed E-state index contributed by atoms with van der Waals surface area (Å²) in [6.45, 7) is 0.371. The Morgan fingerprint density at radius 3 is 3.04 bits per heavy atom. The molecule has 0 atom stereocenters. The summed E-state index contributed by atoms with van der Waals surface area (Å²) in [5.41, 5.74) is 0.551. The number of thiazole rings is 1. The molecule has 25 heavy (non-hydrogen) atoms. The maximum absolute atomic E-state index is 11.8. The maximum atomic E-state index is 11.8. The van der Waals surface area contributed by atoms with E-state index in [0.29, 0.717) is 22.4 Å². The molecule has 0 aliphatic heterocycles. The van der Waals surface area contributed by atoms with Gasteiger partial charge in [-0.2, -0.15) is 4.98 Å². The third-order valence-electron chi connectivity index (χ3n) is 3.30. The van der Waals surface area contributed by atoms with Gasteiger partial charge in [0.15, 0.2) is 10.1 Å². The topological polar surface area (TPSA) is 110 Å².